The minimum absolute atomic E-state index is 0.0118. The predicted octanol–water partition coefficient (Wildman–Crippen LogP) is 2.34. The van der Waals surface area contributed by atoms with Gasteiger partial charge in [0.15, 0.2) is 0 Å². The molecule has 1 aliphatic heterocycles. The smallest absolute Gasteiger partial charge is 0.224 e. The lowest BCUT2D eigenvalue weighted by Gasteiger charge is -2.40. The van der Waals surface area contributed by atoms with Crippen LogP contribution in [0, 0.1) is 0 Å². The van der Waals surface area contributed by atoms with Gasteiger partial charge in [-0.1, -0.05) is 23.8 Å². The van der Waals surface area contributed by atoms with Crippen molar-refractivity contribution in [3.8, 4) is 0 Å². The second-order valence-corrected chi connectivity index (χ2v) is 8.21. The van der Waals surface area contributed by atoms with Crippen LogP contribution in [0.25, 0.3) is 0 Å². The van der Waals surface area contributed by atoms with Crippen molar-refractivity contribution in [1.82, 2.24) is 9.21 Å². The van der Waals surface area contributed by atoms with Gasteiger partial charge in [-0.15, -0.1) is 13.2 Å². The first-order valence-corrected chi connectivity index (χ1v) is 9.67. The molecule has 0 saturated heterocycles. The van der Waals surface area contributed by atoms with E-state index < -0.39 is 10.0 Å². The van der Waals surface area contributed by atoms with Crippen molar-refractivity contribution in [2.24, 2.45) is 0 Å². The summed E-state index contributed by atoms with van der Waals surface area (Å²) in [6.45, 7) is 9.83. The molecule has 6 heteroatoms. The molecule has 23 heavy (non-hydrogen) atoms. The normalized spacial score (nSPS) is 21.9. The fourth-order valence-electron chi connectivity index (χ4n) is 2.90. The molecule has 0 spiro atoms. The summed E-state index contributed by atoms with van der Waals surface area (Å²) in [5.41, 5.74) is 1.26. The Hall–Kier alpha value is -1.40. The molecule has 0 bridgehead atoms. The molecule has 1 amide bonds. The van der Waals surface area contributed by atoms with Crippen LogP contribution in [-0.4, -0.2) is 55.5 Å². The van der Waals surface area contributed by atoms with E-state index in [1.807, 2.05) is 17.1 Å². The van der Waals surface area contributed by atoms with Gasteiger partial charge >= 0.3 is 0 Å². The van der Waals surface area contributed by atoms with Crippen LogP contribution in [0.2, 0.25) is 0 Å². The molecule has 130 valence electrons. The summed E-state index contributed by atoms with van der Waals surface area (Å²) in [5, 5.41) is 0. The van der Waals surface area contributed by atoms with Gasteiger partial charge < -0.3 is 4.90 Å². The highest BCUT2D eigenvalue weighted by molar-refractivity contribution is 7.88. The summed E-state index contributed by atoms with van der Waals surface area (Å²) in [4.78, 5) is 14.6. The number of hydrogen-bond acceptors (Lipinski definition) is 3. The quantitative estimate of drug-likeness (QED) is 0.637. The van der Waals surface area contributed by atoms with Gasteiger partial charge in [-0.25, -0.2) is 12.7 Å². The van der Waals surface area contributed by atoms with Crippen molar-refractivity contribution < 1.29 is 13.2 Å². The molecule has 0 aromatic rings. The molecule has 0 N–H and O–H groups in total. The van der Waals surface area contributed by atoms with E-state index in [0.29, 0.717) is 6.42 Å². The largest absolute Gasteiger partial charge is 0.332 e. The molecule has 0 radical (unpaired) electrons. The zero-order valence-electron chi connectivity index (χ0n) is 14.4. The van der Waals surface area contributed by atoms with E-state index in [1.165, 1.54) is 16.9 Å². The van der Waals surface area contributed by atoms with E-state index in [0.717, 1.165) is 19.1 Å². The highest BCUT2D eigenvalue weighted by Gasteiger charge is 2.31. The maximum absolute atomic E-state index is 12.7. The summed E-state index contributed by atoms with van der Waals surface area (Å²) >= 11 is 0. The minimum atomic E-state index is -3.27. The lowest BCUT2D eigenvalue weighted by molar-refractivity contribution is -0.135. The predicted molar refractivity (Wildman–Crippen MR) is 94.5 cm³/mol. The van der Waals surface area contributed by atoms with Crippen molar-refractivity contribution >= 4 is 15.9 Å². The van der Waals surface area contributed by atoms with Gasteiger partial charge in [-0.3, -0.25) is 4.79 Å². The van der Waals surface area contributed by atoms with Gasteiger partial charge in [0.05, 0.1) is 12.3 Å². The van der Waals surface area contributed by atoms with Crippen LogP contribution in [0.3, 0.4) is 0 Å². The number of rotatable bonds is 8. The Morgan fingerprint density at radius 1 is 1.39 bits per heavy atom. The monoisotopic (exact) mass is 340 g/mol. The van der Waals surface area contributed by atoms with Crippen molar-refractivity contribution in [2.45, 2.75) is 44.7 Å². The van der Waals surface area contributed by atoms with E-state index in [1.54, 1.807) is 0 Å². The number of nitrogens with zero attached hydrogens (tertiary/aromatic N) is 2. The second-order valence-electron chi connectivity index (χ2n) is 6.12. The maximum atomic E-state index is 12.7. The van der Waals surface area contributed by atoms with Crippen LogP contribution in [0.15, 0.2) is 37.0 Å². The van der Waals surface area contributed by atoms with Crippen LogP contribution >= 0.6 is 0 Å². The van der Waals surface area contributed by atoms with Gasteiger partial charge in [0, 0.05) is 26.1 Å². The van der Waals surface area contributed by atoms with Gasteiger partial charge in [0.2, 0.25) is 15.9 Å². The third-order valence-corrected chi connectivity index (χ3v) is 5.44. The third-order valence-electron chi connectivity index (χ3n) is 4.13. The summed E-state index contributed by atoms with van der Waals surface area (Å²) in [6.07, 6.45) is 9.33. The van der Waals surface area contributed by atoms with Gasteiger partial charge in [-0.05, 0) is 26.2 Å². The van der Waals surface area contributed by atoms with Gasteiger partial charge in [0.25, 0.3) is 0 Å². The Balaban J connectivity index is 2.90. The molecular weight excluding hydrogens is 312 g/mol. The van der Waals surface area contributed by atoms with E-state index in [2.05, 4.69) is 26.2 Å². The summed E-state index contributed by atoms with van der Waals surface area (Å²) in [6, 6.07) is 0.0701. The fourth-order valence-corrected chi connectivity index (χ4v) is 3.32. The Kier molecular flexibility index (Phi) is 7.22. The topological polar surface area (TPSA) is 57.7 Å². The lowest BCUT2D eigenvalue weighted by Crippen LogP contribution is -2.49. The van der Waals surface area contributed by atoms with Crippen LogP contribution < -0.4 is 0 Å². The maximum Gasteiger partial charge on any atom is 0.224 e. The summed E-state index contributed by atoms with van der Waals surface area (Å²) < 4.78 is 24.1. The minimum Gasteiger partial charge on any atom is -0.332 e. The van der Waals surface area contributed by atoms with Crippen molar-refractivity contribution in [2.75, 3.05) is 19.8 Å². The first-order valence-electron chi connectivity index (χ1n) is 7.82. The Morgan fingerprint density at radius 2 is 2.00 bits per heavy atom. The number of hydrogen-bond donors (Lipinski definition) is 0. The standard InChI is InChI=1S/C17H28N2O3S/c1-6-8-15-12-14(3)13-16(9-7-2)19(15)17(20)10-11-18(4)23(5,21)22/h6-7,12,15-16H,1-2,8-11,13H2,3-5H3/t15-,16-/m0/s1. The fraction of sp³-hybridized carbons (Fsp3) is 0.588. The van der Waals surface area contributed by atoms with E-state index in [-0.39, 0.29) is 31.0 Å². The first kappa shape index (κ1) is 19.6. The highest BCUT2D eigenvalue weighted by Crippen LogP contribution is 2.27. The van der Waals surface area contributed by atoms with Crippen molar-refractivity contribution in [3.63, 3.8) is 0 Å². The van der Waals surface area contributed by atoms with Crippen LogP contribution in [-0.2, 0) is 14.8 Å². The average Bonchev–Trinajstić information content (AvgIpc) is 2.43. The summed E-state index contributed by atoms with van der Waals surface area (Å²) in [5.74, 6) is -0.0250. The Morgan fingerprint density at radius 3 is 2.52 bits per heavy atom. The van der Waals surface area contributed by atoms with Crippen molar-refractivity contribution in [3.05, 3.63) is 37.0 Å². The average molecular weight is 340 g/mol. The molecule has 1 aliphatic rings. The number of carbonyl (C=O) groups excluding carboxylic acids is 1. The second kappa shape index (κ2) is 8.45. The number of amides is 1. The Bertz CT molecular complexity index is 581. The zero-order valence-corrected chi connectivity index (χ0v) is 15.2. The van der Waals surface area contributed by atoms with Crippen LogP contribution in [0.4, 0.5) is 0 Å². The highest BCUT2D eigenvalue weighted by atomic mass is 32.2. The van der Waals surface area contributed by atoms with E-state index in [9.17, 15) is 13.2 Å². The lowest BCUT2D eigenvalue weighted by atomic mass is 9.92. The molecule has 1 rings (SSSR count). The van der Waals surface area contributed by atoms with Crippen LogP contribution in [0.1, 0.15) is 32.6 Å². The van der Waals surface area contributed by atoms with Gasteiger partial charge in [-0.2, -0.15) is 0 Å². The molecule has 0 saturated carbocycles. The Labute approximate surface area is 140 Å². The molecule has 2 atom stereocenters. The van der Waals surface area contributed by atoms with E-state index in [4.69, 9.17) is 0 Å². The zero-order chi connectivity index (χ0) is 17.6. The molecule has 0 unspecified atom stereocenters. The van der Waals surface area contributed by atoms with Crippen molar-refractivity contribution in [1.29, 1.82) is 0 Å². The molecule has 1 heterocycles. The third kappa shape index (κ3) is 5.62. The summed E-state index contributed by atoms with van der Waals surface area (Å²) in [7, 11) is -1.78. The molecule has 0 aliphatic carbocycles. The molecular formula is C17H28N2O3S. The molecule has 5 nitrogen and oxygen atoms in total. The molecule has 0 fully saturated rings. The number of sulfonamides is 1. The van der Waals surface area contributed by atoms with Crippen LogP contribution in [0.5, 0.6) is 0 Å². The molecule has 0 aromatic heterocycles. The van der Waals surface area contributed by atoms with E-state index >= 15 is 0 Å². The first-order chi connectivity index (χ1) is 10.7. The molecule has 0 aromatic carbocycles. The SMILES string of the molecule is C=CC[C@H]1CC(C)=C[C@H](CC=C)N1C(=O)CCN(C)S(C)(=O)=O. The number of carbonyl (C=O) groups is 1. The van der Waals surface area contributed by atoms with Gasteiger partial charge in [0.1, 0.15) is 0 Å².